The molecule has 2 heteroatoms. The molecule has 2 rings (SSSR count). The van der Waals surface area contributed by atoms with Gasteiger partial charge >= 0.3 is 0 Å². The van der Waals surface area contributed by atoms with Crippen LogP contribution in [0.2, 0.25) is 0 Å². The highest BCUT2D eigenvalue weighted by molar-refractivity contribution is 5.42. The molecular weight excluding hydrogens is 212 g/mol. The minimum Gasteiger partial charge on any atom is -0.496 e. The van der Waals surface area contributed by atoms with Crippen LogP contribution in [0.3, 0.4) is 0 Å². The van der Waals surface area contributed by atoms with Gasteiger partial charge in [-0.2, -0.15) is 0 Å². The highest BCUT2D eigenvalue weighted by Gasteiger charge is 2.35. The second-order valence-electron chi connectivity index (χ2n) is 5.35. The molecule has 0 spiro atoms. The maximum atomic E-state index is 10.7. The lowest BCUT2D eigenvalue weighted by molar-refractivity contribution is 0.0418. The first-order valence-electron chi connectivity index (χ1n) is 6.47. The zero-order valence-corrected chi connectivity index (χ0v) is 11.0. The van der Waals surface area contributed by atoms with Crippen LogP contribution in [0, 0.1) is 0 Å². The largest absolute Gasteiger partial charge is 0.496 e. The van der Waals surface area contributed by atoms with Gasteiger partial charge in [0.2, 0.25) is 0 Å². The fourth-order valence-corrected chi connectivity index (χ4v) is 2.68. The Hall–Kier alpha value is -1.02. The molecule has 1 aliphatic carbocycles. The Bertz CT molecular complexity index is 390. The third-order valence-electron chi connectivity index (χ3n) is 3.82. The van der Waals surface area contributed by atoms with E-state index < -0.39 is 5.60 Å². The van der Waals surface area contributed by atoms with Gasteiger partial charge in [-0.05, 0) is 36.5 Å². The average molecular weight is 234 g/mol. The van der Waals surface area contributed by atoms with Crippen LogP contribution in [0.5, 0.6) is 5.75 Å². The minimum atomic E-state index is -0.670. The van der Waals surface area contributed by atoms with E-state index in [4.69, 9.17) is 4.74 Å². The zero-order chi connectivity index (χ0) is 12.5. The SMILES string of the molecule is COc1ccc(C(C)C)cc1C1(O)CCCC1. The van der Waals surface area contributed by atoms with Crippen molar-refractivity contribution in [2.75, 3.05) is 7.11 Å². The van der Waals surface area contributed by atoms with Crippen LogP contribution in [-0.4, -0.2) is 12.2 Å². The summed E-state index contributed by atoms with van der Waals surface area (Å²) in [6.07, 6.45) is 3.91. The van der Waals surface area contributed by atoms with E-state index in [0.717, 1.165) is 37.0 Å². The van der Waals surface area contributed by atoms with Gasteiger partial charge in [-0.15, -0.1) is 0 Å². The first-order valence-corrected chi connectivity index (χ1v) is 6.47. The van der Waals surface area contributed by atoms with Crippen molar-refractivity contribution in [2.24, 2.45) is 0 Å². The first-order chi connectivity index (χ1) is 8.07. The molecule has 0 unspecified atom stereocenters. The van der Waals surface area contributed by atoms with Crippen molar-refractivity contribution in [3.8, 4) is 5.75 Å². The lowest BCUT2D eigenvalue weighted by Gasteiger charge is -2.26. The van der Waals surface area contributed by atoms with Gasteiger partial charge in [0.15, 0.2) is 0 Å². The molecule has 1 N–H and O–H groups in total. The molecule has 0 heterocycles. The monoisotopic (exact) mass is 234 g/mol. The van der Waals surface area contributed by atoms with Crippen molar-refractivity contribution in [3.05, 3.63) is 29.3 Å². The van der Waals surface area contributed by atoms with Crippen molar-refractivity contribution in [1.29, 1.82) is 0 Å². The summed E-state index contributed by atoms with van der Waals surface area (Å²) in [5.74, 6) is 1.29. The molecule has 1 fully saturated rings. The maximum Gasteiger partial charge on any atom is 0.124 e. The smallest absolute Gasteiger partial charge is 0.124 e. The molecule has 1 saturated carbocycles. The van der Waals surface area contributed by atoms with Crippen LogP contribution in [-0.2, 0) is 5.60 Å². The maximum absolute atomic E-state index is 10.7. The Morgan fingerprint density at radius 2 is 1.88 bits per heavy atom. The Kier molecular flexibility index (Phi) is 3.43. The van der Waals surface area contributed by atoms with E-state index in [1.165, 1.54) is 5.56 Å². The number of methoxy groups -OCH3 is 1. The minimum absolute atomic E-state index is 0.477. The number of hydrogen-bond donors (Lipinski definition) is 1. The fraction of sp³-hybridized carbons (Fsp3) is 0.600. The molecule has 17 heavy (non-hydrogen) atoms. The van der Waals surface area contributed by atoms with Crippen molar-refractivity contribution < 1.29 is 9.84 Å². The highest BCUT2D eigenvalue weighted by atomic mass is 16.5. The van der Waals surface area contributed by atoms with Crippen molar-refractivity contribution in [2.45, 2.75) is 51.0 Å². The van der Waals surface area contributed by atoms with Gasteiger partial charge in [0.05, 0.1) is 12.7 Å². The van der Waals surface area contributed by atoms with Crippen LogP contribution in [0.25, 0.3) is 0 Å². The molecule has 0 saturated heterocycles. The first kappa shape index (κ1) is 12.4. The molecular formula is C15H22O2. The van der Waals surface area contributed by atoms with E-state index in [1.807, 2.05) is 6.07 Å². The van der Waals surface area contributed by atoms with E-state index >= 15 is 0 Å². The summed E-state index contributed by atoms with van der Waals surface area (Å²) in [6, 6.07) is 6.20. The van der Waals surface area contributed by atoms with Crippen molar-refractivity contribution >= 4 is 0 Å². The second kappa shape index (κ2) is 4.69. The summed E-state index contributed by atoms with van der Waals surface area (Å²) < 4.78 is 5.40. The summed E-state index contributed by atoms with van der Waals surface area (Å²) in [6.45, 7) is 4.34. The zero-order valence-electron chi connectivity index (χ0n) is 11.0. The van der Waals surface area contributed by atoms with Crippen LogP contribution in [0.4, 0.5) is 0 Å². The standard InChI is InChI=1S/C15H22O2/c1-11(2)12-6-7-14(17-3)13(10-12)15(16)8-4-5-9-15/h6-7,10-11,16H,4-5,8-9H2,1-3H3. The number of ether oxygens (including phenoxy) is 1. The summed E-state index contributed by atoms with van der Waals surface area (Å²) in [4.78, 5) is 0. The van der Waals surface area contributed by atoms with Gasteiger partial charge in [-0.25, -0.2) is 0 Å². The highest BCUT2D eigenvalue weighted by Crippen LogP contribution is 2.43. The fourth-order valence-electron chi connectivity index (χ4n) is 2.68. The summed E-state index contributed by atoms with van der Waals surface area (Å²) in [5, 5.41) is 10.7. The molecule has 0 bridgehead atoms. The molecule has 0 aromatic heterocycles. The molecule has 0 aliphatic heterocycles. The van der Waals surface area contributed by atoms with Crippen LogP contribution < -0.4 is 4.74 Å². The molecule has 1 aromatic carbocycles. The van der Waals surface area contributed by atoms with Crippen molar-refractivity contribution in [1.82, 2.24) is 0 Å². The second-order valence-corrected chi connectivity index (χ2v) is 5.35. The van der Waals surface area contributed by atoms with E-state index in [2.05, 4.69) is 26.0 Å². The van der Waals surface area contributed by atoms with Gasteiger partial charge < -0.3 is 9.84 Å². The van der Waals surface area contributed by atoms with E-state index in [0.29, 0.717) is 5.92 Å². The molecule has 1 aliphatic rings. The van der Waals surface area contributed by atoms with Gasteiger partial charge in [0.25, 0.3) is 0 Å². The number of hydrogen-bond acceptors (Lipinski definition) is 2. The summed E-state index contributed by atoms with van der Waals surface area (Å²) in [7, 11) is 1.67. The number of benzene rings is 1. The van der Waals surface area contributed by atoms with E-state index in [-0.39, 0.29) is 0 Å². The molecule has 94 valence electrons. The topological polar surface area (TPSA) is 29.5 Å². The Labute approximate surface area is 104 Å². The molecule has 0 atom stereocenters. The third kappa shape index (κ3) is 2.32. The lowest BCUT2D eigenvalue weighted by atomic mass is 9.88. The third-order valence-corrected chi connectivity index (χ3v) is 3.82. The van der Waals surface area contributed by atoms with Gasteiger partial charge in [0.1, 0.15) is 5.75 Å². The number of rotatable bonds is 3. The predicted molar refractivity (Wildman–Crippen MR) is 69.4 cm³/mol. The lowest BCUT2D eigenvalue weighted by Crippen LogP contribution is -2.22. The average Bonchev–Trinajstić information content (AvgIpc) is 2.76. The normalized spacial score (nSPS) is 18.6. The predicted octanol–water partition coefficient (Wildman–Crippen LogP) is 3.58. The quantitative estimate of drug-likeness (QED) is 0.866. The molecule has 2 nitrogen and oxygen atoms in total. The summed E-state index contributed by atoms with van der Waals surface area (Å²) in [5.41, 5.74) is 1.57. The van der Waals surface area contributed by atoms with Crippen LogP contribution >= 0.6 is 0 Å². The van der Waals surface area contributed by atoms with Crippen LogP contribution in [0.1, 0.15) is 56.6 Å². The van der Waals surface area contributed by atoms with Gasteiger partial charge in [-0.3, -0.25) is 0 Å². The van der Waals surface area contributed by atoms with Gasteiger partial charge in [0, 0.05) is 5.56 Å². The van der Waals surface area contributed by atoms with Crippen LogP contribution in [0.15, 0.2) is 18.2 Å². The van der Waals surface area contributed by atoms with Gasteiger partial charge in [-0.1, -0.05) is 32.8 Å². The van der Waals surface area contributed by atoms with E-state index in [1.54, 1.807) is 7.11 Å². The Balaban J connectivity index is 2.45. The van der Waals surface area contributed by atoms with Crippen molar-refractivity contribution in [3.63, 3.8) is 0 Å². The Morgan fingerprint density at radius 1 is 1.24 bits per heavy atom. The molecule has 0 amide bonds. The number of aliphatic hydroxyl groups is 1. The molecule has 0 radical (unpaired) electrons. The Morgan fingerprint density at radius 3 is 2.41 bits per heavy atom. The van der Waals surface area contributed by atoms with E-state index in [9.17, 15) is 5.11 Å². The molecule has 1 aromatic rings. The summed E-state index contributed by atoms with van der Waals surface area (Å²) >= 11 is 0.